The third kappa shape index (κ3) is 4.23. The highest BCUT2D eigenvalue weighted by Gasteiger charge is 2.23. The van der Waals surface area contributed by atoms with Crippen molar-refractivity contribution >= 4 is 27.7 Å². The average molecular weight is 461 g/mol. The second-order valence-electron chi connectivity index (χ2n) is 7.19. The van der Waals surface area contributed by atoms with E-state index in [0.717, 1.165) is 38.7 Å². The highest BCUT2D eigenvalue weighted by atomic mass is 32.2. The smallest absolute Gasteiger partial charge is 0.251 e. The molecule has 4 rings (SSSR count). The largest absolute Gasteiger partial charge is 0.346 e. The van der Waals surface area contributed by atoms with Gasteiger partial charge in [-0.1, -0.05) is 11.8 Å². The van der Waals surface area contributed by atoms with Crippen LogP contribution >= 0.6 is 11.8 Å². The van der Waals surface area contributed by atoms with E-state index in [0.29, 0.717) is 5.56 Å². The number of hydrogen-bond acceptors (Lipinski definition) is 5. The van der Waals surface area contributed by atoms with Gasteiger partial charge in [0.05, 0.1) is 22.8 Å². The van der Waals surface area contributed by atoms with Gasteiger partial charge in [-0.2, -0.15) is 0 Å². The zero-order chi connectivity index (χ0) is 22.2. The first-order valence-electron chi connectivity index (χ1n) is 9.56. The lowest BCUT2D eigenvalue weighted by molar-refractivity contribution is 0.0950. The van der Waals surface area contributed by atoms with Gasteiger partial charge in [0.2, 0.25) is 10.0 Å². The molecular weight excluding hydrogens is 439 g/mol. The Balaban J connectivity index is 1.54. The zero-order valence-corrected chi connectivity index (χ0v) is 18.6. The predicted molar refractivity (Wildman–Crippen MR) is 117 cm³/mol. The van der Waals surface area contributed by atoms with Crippen molar-refractivity contribution in [1.82, 2.24) is 19.2 Å². The summed E-state index contributed by atoms with van der Waals surface area (Å²) in [5.41, 5.74) is 2.71. The summed E-state index contributed by atoms with van der Waals surface area (Å²) in [7, 11) is -0.642. The van der Waals surface area contributed by atoms with Crippen LogP contribution in [-0.2, 0) is 23.1 Å². The highest BCUT2D eigenvalue weighted by Crippen LogP contribution is 2.33. The summed E-state index contributed by atoms with van der Waals surface area (Å²) < 4.78 is 40.9. The number of carbonyl (C=O) groups is 1. The van der Waals surface area contributed by atoms with E-state index >= 15 is 0 Å². The summed E-state index contributed by atoms with van der Waals surface area (Å²) in [4.78, 5) is 17.5. The van der Waals surface area contributed by atoms with E-state index in [1.807, 2.05) is 0 Å². The van der Waals surface area contributed by atoms with Crippen molar-refractivity contribution in [3.63, 3.8) is 0 Å². The molecule has 0 fully saturated rings. The standard InChI is InChI=1S/C21H21FN4O3S2/c1-25(2)31(28,29)17-9-5-15(6-10-17)20(27)23-13-18-19(14-3-7-16(22)8-4-14)24-21-26(18)11-12-30-21/h3-10H,11-13H2,1-2H3,(H,23,27). The molecule has 0 aliphatic carbocycles. The number of benzene rings is 2. The van der Waals surface area contributed by atoms with Crippen molar-refractivity contribution in [2.45, 2.75) is 23.1 Å². The fourth-order valence-electron chi connectivity index (χ4n) is 3.31. The van der Waals surface area contributed by atoms with E-state index < -0.39 is 10.0 Å². The van der Waals surface area contributed by atoms with Crippen LogP contribution in [0.3, 0.4) is 0 Å². The monoisotopic (exact) mass is 460 g/mol. The van der Waals surface area contributed by atoms with Gasteiger partial charge in [-0.05, 0) is 48.5 Å². The fourth-order valence-corrected chi connectivity index (χ4v) is 5.18. The molecular formula is C21H21FN4O3S2. The van der Waals surface area contributed by atoms with Crippen molar-refractivity contribution in [2.24, 2.45) is 0 Å². The second kappa shape index (κ2) is 8.45. The lowest BCUT2D eigenvalue weighted by Gasteiger charge is -2.12. The van der Waals surface area contributed by atoms with E-state index in [-0.39, 0.29) is 23.2 Å². The molecule has 1 amide bonds. The Morgan fingerprint density at radius 2 is 1.84 bits per heavy atom. The van der Waals surface area contributed by atoms with E-state index in [1.54, 1.807) is 23.9 Å². The van der Waals surface area contributed by atoms with E-state index in [9.17, 15) is 17.6 Å². The van der Waals surface area contributed by atoms with Gasteiger partial charge in [0.25, 0.3) is 5.91 Å². The molecule has 1 aliphatic rings. The molecule has 1 N–H and O–H groups in total. The van der Waals surface area contributed by atoms with Crippen LogP contribution in [0.5, 0.6) is 0 Å². The molecule has 10 heteroatoms. The number of aromatic nitrogens is 2. The first-order chi connectivity index (χ1) is 14.8. The zero-order valence-electron chi connectivity index (χ0n) is 17.0. The molecule has 0 radical (unpaired) electrons. The van der Waals surface area contributed by atoms with Crippen molar-refractivity contribution in [2.75, 3.05) is 19.8 Å². The molecule has 0 bridgehead atoms. The lowest BCUT2D eigenvalue weighted by atomic mass is 10.1. The number of fused-ring (bicyclic) bond motifs is 1. The SMILES string of the molecule is CN(C)S(=O)(=O)c1ccc(C(=O)NCc2c(-c3ccc(F)cc3)nc3n2CCS3)cc1. The molecule has 7 nitrogen and oxygen atoms in total. The predicted octanol–water partition coefficient (Wildman–Crippen LogP) is 2.98. The number of hydrogen-bond donors (Lipinski definition) is 1. The third-order valence-corrected chi connectivity index (χ3v) is 7.80. The summed E-state index contributed by atoms with van der Waals surface area (Å²) in [6, 6.07) is 11.9. The van der Waals surface area contributed by atoms with Crippen LogP contribution in [0.1, 0.15) is 16.1 Å². The average Bonchev–Trinajstić information content (AvgIpc) is 3.34. The van der Waals surface area contributed by atoms with E-state index in [1.165, 1.54) is 50.5 Å². The van der Waals surface area contributed by atoms with Crippen molar-refractivity contribution < 1.29 is 17.6 Å². The number of imidazole rings is 1. The number of carbonyl (C=O) groups excluding carboxylic acids is 1. The Morgan fingerprint density at radius 1 is 1.16 bits per heavy atom. The van der Waals surface area contributed by atoms with Crippen molar-refractivity contribution in [3.05, 3.63) is 65.6 Å². The van der Waals surface area contributed by atoms with Crippen LogP contribution in [0.4, 0.5) is 4.39 Å². The minimum atomic E-state index is -3.55. The van der Waals surface area contributed by atoms with E-state index in [4.69, 9.17) is 0 Å². The lowest BCUT2D eigenvalue weighted by Crippen LogP contribution is -2.25. The Labute approximate surface area is 184 Å². The fraction of sp³-hybridized carbons (Fsp3) is 0.238. The molecule has 2 heterocycles. The summed E-state index contributed by atoms with van der Waals surface area (Å²) in [6.45, 7) is 1.04. The summed E-state index contributed by atoms with van der Waals surface area (Å²) in [5.74, 6) is 0.272. The Hall–Kier alpha value is -2.69. The first-order valence-corrected chi connectivity index (χ1v) is 12.0. The molecule has 0 atom stereocenters. The van der Waals surface area contributed by atoms with Gasteiger partial charge in [0, 0.05) is 37.5 Å². The Kier molecular flexibility index (Phi) is 5.87. The maximum atomic E-state index is 13.3. The van der Waals surface area contributed by atoms with Gasteiger partial charge in [-0.3, -0.25) is 4.79 Å². The van der Waals surface area contributed by atoms with Crippen LogP contribution in [-0.4, -0.2) is 48.0 Å². The maximum Gasteiger partial charge on any atom is 0.251 e. The van der Waals surface area contributed by atoms with Gasteiger partial charge in [-0.25, -0.2) is 22.1 Å². The second-order valence-corrected chi connectivity index (χ2v) is 10.4. The molecule has 0 unspecified atom stereocenters. The molecule has 0 spiro atoms. The first kappa shape index (κ1) is 21.5. The topological polar surface area (TPSA) is 84.3 Å². The van der Waals surface area contributed by atoms with Crippen LogP contribution in [0, 0.1) is 5.82 Å². The van der Waals surface area contributed by atoms with Gasteiger partial charge in [0.15, 0.2) is 5.16 Å². The number of halogens is 1. The molecule has 2 aromatic carbocycles. The van der Waals surface area contributed by atoms with Gasteiger partial charge in [-0.15, -0.1) is 0 Å². The minimum absolute atomic E-state index is 0.123. The summed E-state index contributed by atoms with van der Waals surface area (Å²) in [5, 5.41) is 3.77. The number of rotatable bonds is 6. The Bertz CT molecular complexity index is 1220. The third-order valence-electron chi connectivity index (χ3n) is 5.01. The Morgan fingerprint density at radius 3 is 2.48 bits per heavy atom. The van der Waals surface area contributed by atoms with Gasteiger partial charge >= 0.3 is 0 Å². The molecule has 162 valence electrons. The molecule has 0 saturated heterocycles. The van der Waals surface area contributed by atoms with Crippen LogP contribution < -0.4 is 5.32 Å². The minimum Gasteiger partial charge on any atom is -0.346 e. The summed E-state index contributed by atoms with van der Waals surface area (Å²) in [6.07, 6.45) is 0. The number of thioether (sulfide) groups is 1. The van der Waals surface area contributed by atoms with Crippen LogP contribution in [0.2, 0.25) is 0 Å². The molecule has 3 aromatic rings. The van der Waals surface area contributed by atoms with Crippen molar-refractivity contribution in [3.8, 4) is 11.3 Å². The normalized spacial score (nSPS) is 13.4. The molecule has 31 heavy (non-hydrogen) atoms. The van der Waals surface area contributed by atoms with Crippen LogP contribution in [0.15, 0.2) is 58.6 Å². The van der Waals surface area contributed by atoms with E-state index in [2.05, 4.69) is 14.9 Å². The number of nitrogens with one attached hydrogen (secondary N) is 1. The van der Waals surface area contributed by atoms with Gasteiger partial charge in [0.1, 0.15) is 5.82 Å². The number of amides is 1. The number of sulfonamides is 1. The molecule has 1 aliphatic heterocycles. The molecule has 1 aromatic heterocycles. The quantitative estimate of drug-likeness (QED) is 0.611. The summed E-state index contributed by atoms with van der Waals surface area (Å²) >= 11 is 1.64. The highest BCUT2D eigenvalue weighted by molar-refractivity contribution is 7.99. The molecule has 0 saturated carbocycles. The number of nitrogens with zero attached hydrogens (tertiary/aromatic N) is 3. The van der Waals surface area contributed by atoms with Gasteiger partial charge < -0.3 is 9.88 Å². The van der Waals surface area contributed by atoms with Crippen LogP contribution in [0.25, 0.3) is 11.3 Å². The maximum absolute atomic E-state index is 13.3. The van der Waals surface area contributed by atoms with Crippen molar-refractivity contribution in [1.29, 1.82) is 0 Å².